The van der Waals surface area contributed by atoms with E-state index in [9.17, 15) is 4.79 Å². The van der Waals surface area contributed by atoms with E-state index in [0.29, 0.717) is 11.6 Å². The van der Waals surface area contributed by atoms with Crippen molar-refractivity contribution in [1.82, 2.24) is 10.3 Å². The average molecular weight is 326 g/mol. The quantitative estimate of drug-likeness (QED) is 0.843. The number of aryl methyl sites for hydroxylation is 1. The molecular formula is C15H20ClN3O3. The number of nitrogens with zero attached hydrogens (tertiary/aromatic N) is 1. The van der Waals surface area contributed by atoms with Crippen LogP contribution in [0.4, 0.5) is 0 Å². The highest BCUT2D eigenvalue weighted by molar-refractivity contribution is 5.85. The van der Waals surface area contributed by atoms with Crippen LogP contribution in [0.1, 0.15) is 11.3 Å². The molecule has 2 rings (SSSR count). The zero-order chi connectivity index (χ0) is 15.2. The monoisotopic (exact) mass is 325 g/mol. The number of carbonyl (C=O) groups excluding carboxylic acids is 1. The molecule has 1 unspecified atom stereocenters. The van der Waals surface area contributed by atoms with Crippen LogP contribution in [0, 0.1) is 6.92 Å². The van der Waals surface area contributed by atoms with Gasteiger partial charge in [-0.2, -0.15) is 0 Å². The van der Waals surface area contributed by atoms with Crippen LogP contribution in [0.3, 0.4) is 0 Å². The summed E-state index contributed by atoms with van der Waals surface area (Å²) in [4.78, 5) is 16.0. The van der Waals surface area contributed by atoms with Gasteiger partial charge >= 0.3 is 0 Å². The summed E-state index contributed by atoms with van der Waals surface area (Å²) in [7, 11) is 1.50. The average Bonchev–Trinajstić information content (AvgIpc) is 2.94. The summed E-state index contributed by atoms with van der Waals surface area (Å²) in [5.74, 6) is 0.247. The molecule has 1 atom stereocenters. The third-order valence-corrected chi connectivity index (χ3v) is 2.98. The zero-order valence-electron chi connectivity index (χ0n) is 12.5. The number of aromatic nitrogens is 1. The maximum atomic E-state index is 11.6. The molecule has 0 bridgehead atoms. The molecule has 1 aromatic carbocycles. The van der Waals surface area contributed by atoms with Gasteiger partial charge in [0.2, 0.25) is 11.8 Å². The Labute approximate surface area is 135 Å². The van der Waals surface area contributed by atoms with E-state index >= 15 is 0 Å². The van der Waals surface area contributed by atoms with Crippen molar-refractivity contribution in [2.75, 3.05) is 13.7 Å². The van der Waals surface area contributed by atoms with Crippen molar-refractivity contribution in [3.8, 4) is 11.5 Å². The normalized spacial score (nSPS) is 11.6. The predicted octanol–water partition coefficient (Wildman–Crippen LogP) is 1.66. The third-order valence-electron chi connectivity index (χ3n) is 2.98. The first-order valence-corrected chi connectivity index (χ1v) is 6.64. The van der Waals surface area contributed by atoms with Crippen molar-refractivity contribution in [1.29, 1.82) is 0 Å². The summed E-state index contributed by atoms with van der Waals surface area (Å²) in [6.45, 7) is 2.47. The largest absolute Gasteiger partial charge is 0.444 e. The molecule has 0 aliphatic rings. The number of halogens is 1. The lowest BCUT2D eigenvalue weighted by Crippen LogP contribution is -2.43. The van der Waals surface area contributed by atoms with Crippen LogP contribution >= 0.6 is 12.4 Å². The summed E-state index contributed by atoms with van der Waals surface area (Å²) in [6, 6.07) is 7.18. The second-order valence-corrected chi connectivity index (χ2v) is 4.79. The number of methoxy groups -OCH3 is 1. The highest BCUT2D eigenvalue weighted by Gasteiger charge is 2.13. The van der Waals surface area contributed by atoms with Crippen LogP contribution in [0.2, 0.25) is 0 Å². The molecule has 1 aromatic heterocycles. The van der Waals surface area contributed by atoms with Crippen LogP contribution in [0.25, 0.3) is 11.5 Å². The van der Waals surface area contributed by atoms with Gasteiger partial charge in [0.1, 0.15) is 12.3 Å². The maximum absolute atomic E-state index is 11.6. The van der Waals surface area contributed by atoms with E-state index in [1.807, 2.05) is 31.2 Å². The minimum absolute atomic E-state index is 0. The first-order valence-electron chi connectivity index (χ1n) is 6.64. The van der Waals surface area contributed by atoms with Crippen molar-refractivity contribution >= 4 is 18.3 Å². The first-order chi connectivity index (χ1) is 10.1. The van der Waals surface area contributed by atoms with Crippen molar-refractivity contribution in [2.24, 2.45) is 5.73 Å². The third kappa shape index (κ3) is 4.84. The predicted molar refractivity (Wildman–Crippen MR) is 85.6 cm³/mol. The van der Waals surface area contributed by atoms with Crippen LogP contribution < -0.4 is 11.1 Å². The molecule has 0 radical (unpaired) electrons. The number of oxazole rings is 1. The standard InChI is InChI=1S/C15H19N3O3.ClH/c1-10-3-5-11(6-4-10)15-18-12(8-21-15)7-17-14(19)13(16)9-20-2;/h3-6,8,13H,7,9,16H2,1-2H3,(H,17,19);1H. The highest BCUT2D eigenvalue weighted by atomic mass is 35.5. The van der Waals surface area contributed by atoms with Crippen molar-refractivity contribution < 1.29 is 13.9 Å². The molecule has 22 heavy (non-hydrogen) atoms. The second kappa shape index (κ2) is 8.53. The zero-order valence-corrected chi connectivity index (χ0v) is 13.4. The van der Waals surface area contributed by atoms with Gasteiger partial charge in [-0.1, -0.05) is 17.7 Å². The fourth-order valence-electron chi connectivity index (χ4n) is 1.78. The van der Waals surface area contributed by atoms with Crippen molar-refractivity contribution in [3.05, 3.63) is 41.8 Å². The Morgan fingerprint density at radius 1 is 1.41 bits per heavy atom. The topological polar surface area (TPSA) is 90.4 Å². The summed E-state index contributed by atoms with van der Waals surface area (Å²) in [6.07, 6.45) is 1.53. The molecule has 0 aliphatic heterocycles. The maximum Gasteiger partial charge on any atom is 0.239 e. The summed E-state index contributed by atoms with van der Waals surface area (Å²) < 4.78 is 10.2. The van der Waals surface area contributed by atoms with E-state index in [2.05, 4.69) is 10.3 Å². The van der Waals surface area contributed by atoms with E-state index in [4.69, 9.17) is 14.9 Å². The molecule has 0 saturated heterocycles. The summed E-state index contributed by atoms with van der Waals surface area (Å²) in [5, 5.41) is 2.69. The minimum atomic E-state index is -0.682. The minimum Gasteiger partial charge on any atom is -0.444 e. The van der Waals surface area contributed by atoms with E-state index in [1.54, 1.807) is 0 Å². The molecule has 0 spiro atoms. The number of ether oxygens (including phenoxy) is 1. The molecule has 7 heteroatoms. The molecule has 6 nitrogen and oxygen atoms in total. The van der Waals surface area contributed by atoms with Crippen molar-refractivity contribution in [2.45, 2.75) is 19.5 Å². The van der Waals surface area contributed by atoms with E-state index < -0.39 is 6.04 Å². The lowest BCUT2D eigenvalue weighted by molar-refractivity contribution is -0.123. The summed E-state index contributed by atoms with van der Waals surface area (Å²) in [5.41, 5.74) is 8.33. The highest BCUT2D eigenvalue weighted by Crippen LogP contribution is 2.18. The Bertz CT molecular complexity index is 598. The smallest absolute Gasteiger partial charge is 0.239 e. The van der Waals surface area contributed by atoms with Gasteiger partial charge < -0.3 is 20.2 Å². The van der Waals surface area contributed by atoms with Gasteiger partial charge in [0.05, 0.1) is 18.8 Å². The van der Waals surface area contributed by atoms with Crippen LogP contribution in [-0.2, 0) is 16.1 Å². The Balaban J connectivity index is 0.00000242. The van der Waals surface area contributed by atoms with E-state index in [0.717, 1.165) is 5.56 Å². The molecule has 0 aliphatic carbocycles. The van der Waals surface area contributed by atoms with Gasteiger partial charge in [0.15, 0.2) is 0 Å². The SMILES string of the molecule is COCC(N)C(=O)NCc1coc(-c2ccc(C)cc2)n1.Cl. The lowest BCUT2D eigenvalue weighted by Gasteiger charge is -2.09. The molecule has 1 amide bonds. The molecule has 120 valence electrons. The Morgan fingerprint density at radius 3 is 2.73 bits per heavy atom. The van der Waals surface area contributed by atoms with E-state index in [1.165, 1.54) is 18.9 Å². The number of benzene rings is 1. The van der Waals surface area contributed by atoms with Crippen LogP contribution in [0.5, 0.6) is 0 Å². The number of carbonyl (C=O) groups is 1. The molecule has 2 aromatic rings. The molecule has 0 fully saturated rings. The van der Waals surface area contributed by atoms with Crippen LogP contribution in [-0.4, -0.2) is 30.6 Å². The van der Waals surface area contributed by atoms with Gasteiger partial charge in [0.25, 0.3) is 0 Å². The van der Waals surface area contributed by atoms with Crippen LogP contribution in [0.15, 0.2) is 34.9 Å². The Kier molecular flexibility index (Phi) is 7.04. The van der Waals surface area contributed by atoms with Gasteiger partial charge in [0, 0.05) is 12.7 Å². The molecule has 3 N–H and O–H groups in total. The summed E-state index contributed by atoms with van der Waals surface area (Å²) >= 11 is 0. The molecular weight excluding hydrogens is 306 g/mol. The van der Waals surface area contributed by atoms with Crippen molar-refractivity contribution in [3.63, 3.8) is 0 Å². The molecule has 1 heterocycles. The second-order valence-electron chi connectivity index (χ2n) is 4.79. The number of hydrogen-bond donors (Lipinski definition) is 2. The van der Waals surface area contributed by atoms with Gasteiger partial charge in [-0.05, 0) is 19.1 Å². The number of hydrogen-bond acceptors (Lipinski definition) is 5. The molecule has 0 saturated carbocycles. The fraction of sp³-hybridized carbons (Fsp3) is 0.333. The van der Waals surface area contributed by atoms with Gasteiger partial charge in [-0.15, -0.1) is 12.4 Å². The first kappa shape index (κ1) is 18.2. The van der Waals surface area contributed by atoms with E-state index in [-0.39, 0.29) is 31.5 Å². The Morgan fingerprint density at radius 2 is 2.09 bits per heavy atom. The lowest BCUT2D eigenvalue weighted by atomic mass is 10.1. The number of nitrogens with two attached hydrogens (primary N) is 1. The number of amides is 1. The Hall–Kier alpha value is -1.89. The van der Waals surface area contributed by atoms with Gasteiger partial charge in [-0.25, -0.2) is 4.98 Å². The number of rotatable bonds is 6. The fourth-order valence-corrected chi connectivity index (χ4v) is 1.78. The number of nitrogens with one attached hydrogen (secondary N) is 1. The van der Waals surface area contributed by atoms with Gasteiger partial charge in [-0.3, -0.25) is 4.79 Å².